The van der Waals surface area contributed by atoms with Crippen molar-refractivity contribution in [1.82, 2.24) is 9.55 Å². The molecule has 7 nitrogen and oxygen atoms in total. The number of hydrogen-bond donors (Lipinski definition) is 4. The Kier molecular flexibility index (Phi) is 2.94. The van der Waals surface area contributed by atoms with Crippen molar-refractivity contribution in [3.05, 3.63) is 24.5 Å². The van der Waals surface area contributed by atoms with E-state index in [0.717, 1.165) is 5.52 Å². The molecular weight excluding hydrogens is 262 g/mol. The number of benzene rings is 1. The summed E-state index contributed by atoms with van der Waals surface area (Å²) < 4.78 is 7.20. The molecule has 0 saturated carbocycles. The largest absolute Gasteiger partial charge is 0.399 e. The van der Waals surface area contributed by atoms with E-state index in [2.05, 4.69) is 4.98 Å². The minimum atomic E-state index is -1.53. The van der Waals surface area contributed by atoms with E-state index < -0.39 is 24.0 Å². The second-order valence-electron chi connectivity index (χ2n) is 5.28. The number of fused-ring (bicyclic) bond motifs is 1. The smallest absolute Gasteiger partial charge is 0.167 e. The molecule has 1 fully saturated rings. The van der Waals surface area contributed by atoms with E-state index in [4.69, 9.17) is 10.5 Å². The molecule has 1 aromatic heterocycles. The van der Waals surface area contributed by atoms with Crippen LogP contribution in [0.5, 0.6) is 0 Å². The van der Waals surface area contributed by atoms with Gasteiger partial charge >= 0.3 is 0 Å². The van der Waals surface area contributed by atoms with Crippen molar-refractivity contribution in [3.63, 3.8) is 0 Å². The van der Waals surface area contributed by atoms with Gasteiger partial charge in [0.15, 0.2) is 6.23 Å². The molecule has 5 N–H and O–H groups in total. The van der Waals surface area contributed by atoms with Crippen LogP contribution in [0.2, 0.25) is 0 Å². The monoisotopic (exact) mass is 279 g/mol. The summed E-state index contributed by atoms with van der Waals surface area (Å²) in [5, 5.41) is 29.7. The Morgan fingerprint density at radius 2 is 2.25 bits per heavy atom. The highest BCUT2D eigenvalue weighted by Gasteiger charge is 2.53. The number of imidazole rings is 1. The number of rotatable bonds is 2. The zero-order valence-electron chi connectivity index (χ0n) is 11.0. The van der Waals surface area contributed by atoms with Crippen LogP contribution in [-0.2, 0) is 4.74 Å². The first-order chi connectivity index (χ1) is 9.45. The third-order valence-electron chi connectivity index (χ3n) is 3.79. The lowest BCUT2D eigenvalue weighted by molar-refractivity contribution is -0.0948. The van der Waals surface area contributed by atoms with Crippen molar-refractivity contribution >= 4 is 16.7 Å². The standard InChI is InChI=1S/C13H17N3O4/c1-13(19)11(18)10(5-17)20-12(13)16-6-15-8-4-7(14)2-3-9(8)16/h2-4,6,10-12,17-19H,5,14H2,1H3/t10-,11-,12?,13-/m1/s1. The molecule has 1 aliphatic heterocycles. The molecular formula is C13H17N3O4. The predicted molar refractivity (Wildman–Crippen MR) is 71.8 cm³/mol. The summed E-state index contributed by atoms with van der Waals surface area (Å²) in [5.41, 5.74) is 6.17. The Hall–Kier alpha value is -1.67. The van der Waals surface area contributed by atoms with Gasteiger partial charge in [-0.15, -0.1) is 0 Å². The van der Waals surface area contributed by atoms with Gasteiger partial charge in [0.2, 0.25) is 0 Å². The van der Waals surface area contributed by atoms with Gasteiger partial charge in [-0.25, -0.2) is 4.98 Å². The number of aliphatic hydroxyl groups excluding tert-OH is 2. The third kappa shape index (κ3) is 1.79. The van der Waals surface area contributed by atoms with Crippen molar-refractivity contribution in [2.45, 2.75) is 31.0 Å². The zero-order chi connectivity index (χ0) is 14.5. The second kappa shape index (κ2) is 4.42. The van der Waals surface area contributed by atoms with Gasteiger partial charge in [-0.2, -0.15) is 0 Å². The molecule has 1 unspecified atom stereocenters. The fraction of sp³-hybridized carbons (Fsp3) is 0.462. The molecule has 1 aromatic carbocycles. The van der Waals surface area contributed by atoms with Crippen molar-refractivity contribution < 1.29 is 20.1 Å². The van der Waals surface area contributed by atoms with Crippen LogP contribution in [0.4, 0.5) is 5.69 Å². The zero-order valence-corrected chi connectivity index (χ0v) is 11.0. The third-order valence-corrected chi connectivity index (χ3v) is 3.79. The van der Waals surface area contributed by atoms with E-state index in [9.17, 15) is 15.3 Å². The molecule has 108 valence electrons. The molecule has 7 heteroatoms. The van der Waals surface area contributed by atoms with Gasteiger partial charge in [0, 0.05) is 5.69 Å². The lowest BCUT2D eigenvalue weighted by atomic mass is 9.96. The van der Waals surface area contributed by atoms with Gasteiger partial charge in [0.1, 0.15) is 17.8 Å². The maximum atomic E-state index is 10.5. The predicted octanol–water partition coefficient (Wildman–Crippen LogP) is -0.380. The van der Waals surface area contributed by atoms with Crippen LogP contribution in [0, 0.1) is 0 Å². The highest BCUT2D eigenvalue weighted by Crippen LogP contribution is 2.39. The summed E-state index contributed by atoms with van der Waals surface area (Å²) >= 11 is 0. The summed E-state index contributed by atoms with van der Waals surface area (Å²) in [6.45, 7) is 1.11. The topological polar surface area (TPSA) is 114 Å². The summed E-state index contributed by atoms with van der Waals surface area (Å²) in [4.78, 5) is 4.21. The Morgan fingerprint density at radius 1 is 1.50 bits per heavy atom. The fourth-order valence-corrected chi connectivity index (χ4v) is 2.63. The molecule has 0 amide bonds. The van der Waals surface area contributed by atoms with Crippen molar-refractivity contribution in [2.24, 2.45) is 0 Å². The molecule has 0 radical (unpaired) electrons. The molecule has 1 aliphatic rings. The number of nitrogens with two attached hydrogens (primary N) is 1. The molecule has 4 atom stereocenters. The van der Waals surface area contributed by atoms with E-state index in [-0.39, 0.29) is 6.61 Å². The summed E-state index contributed by atoms with van der Waals surface area (Å²) in [6, 6.07) is 5.22. The van der Waals surface area contributed by atoms with Gasteiger partial charge in [-0.3, -0.25) is 0 Å². The highest BCUT2D eigenvalue weighted by atomic mass is 16.6. The maximum absolute atomic E-state index is 10.5. The minimum absolute atomic E-state index is 0.368. The highest BCUT2D eigenvalue weighted by molar-refractivity contribution is 5.79. The van der Waals surface area contributed by atoms with Crippen LogP contribution in [0.1, 0.15) is 13.2 Å². The summed E-state index contributed by atoms with van der Waals surface area (Å²) in [5.74, 6) is 0. The maximum Gasteiger partial charge on any atom is 0.167 e. The van der Waals surface area contributed by atoms with Crippen LogP contribution < -0.4 is 5.73 Å². The Bertz CT molecular complexity index is 640. The molecule has 0 aliphatic carbocycles. The average Bonchev–Trinajstić information content (AvgIpc) is 2.90. The number of ether oxygens (including phenoxy) is 1. The van der Waals surface area contributed by atoms with E-state index >= 15 is 0 Å². The molecule has 2 heterocycles. The first-order valence-electron chi connectivity index (χ1n) is 6.34. The normalized spacial score (nSPS) is 33.9. The van der Waals surface area contributed by atoms with Crippen LogP contribution in [0.3, 0.4) is 0 Å². The molecule has 2 aromatic rings. The molecule has 0 spiro atoms. The fourth-order valence-electron chi connectivity index (χ4n) is 2.63. The second-order valence-corrected chi connectivity index (χ2v) is 5.28. The number of aromatic nitrogens is 2. The van der Waals surface area contributed by atoms with E-state index in [1.807, 2.05) is 0 Å². The molecule has 0 bridgehead atoms. The summed E-state index contributed by atoms with van der Waals surface area (Å²) in [7, 11) is 0. The number of hydrogen-bond acceptors (Lipinski definition) is 6. The minimum Gasteiger partial charge on any atom is -0.399 e. The first-order valence-corrected chi connectivity index (χ1v) is 6.34. The molecule has 20 heavy (non-hydrogen) atoms. The Morgan fingerprint density at radius 3 is 2.90 bits per heavy atom. The van der Waals surface area contributed by atoms with Gasteiger partial charge in [-0.05, 0) is 25.1 Å². The van der Waals surface area contributed by atoms with Gasteiger partial charge in [0.25, 0.3) is 0 Å². The van der Waals surface area contributed by atoms with E-state index in [1.165, 1.54) is 13.3 Å². The lowest BCUT2D eigenvalue weighted by Gasteiger charge is -2.27. The van der Waals surface area contributed by atoms with E-state index in [0.29, 0.717) is 11.2 Å². The van der Waals surface area contributed by atoms with Crippen LogP contribution >= 0.6 is 0 Å². The Labute approximate surface area is 115 Å². The van der Waals surface area contributed by atoms with E-state index in [1.54, 1.807) is 22.8 Å². The van der Waals surface area contributed by atoms with Crippen molar-refractivity contribution in [2.75, 3.05) is 12.3 Å². The number of nitrogen functional groups attached to an aromatic ring is 1. The molecule has 1 saturated heterocycles. The first kappa shape index (κ1) is 13.3. The van der Waals surface area contributed by atoms with Gasteiger partial charge < -0.3 is 30.4 Å². The lowest BCUT2D eigenvalue weighted by Crippen LogP contribution is -2.44. The van der Waals surface area contributed by atoms with Crippen LogP contribution in [0.15, 0.2) is 24.5 Å². The number of aliphatic hydroxyl groups is 3. The quantitative estimate of drug-likeness (QED) is 0.557. The Balaban J connectivity index is 2.07. The van der Waals surface area contributed by atoms with Crippen molar-refractivity contribution in [1.29, 1.82) is 0 Å². The van der Waals surface area contributed by atoms with Crippen LogP contribution in [0.25, 0.3) is 11.0 Å². The van der Waals surface area contributed by atoms with Crippen molar-refractivity contribution in [3.8, 4) is 0 Å². The average molecular weight is 279 g/mol. The van der Waals surface area contributed by atoms with Gasteiger partial charge in [0.05, 0.1) is 24.0 Å². The SMILES string of the molecule is C[C@]1(O)C(n2cnc3cc(N)ccc32)O[C@H](CO)[C@H]1O. The van der Waals surface area contributed by atoms with Crippen LogP contribution in [-0.4, -0.2) is 49.3 Å². The summed E-state index contributed by atoms with van der Waals surface area (Å²) in [6.07, 6.45) is -1.32. The number of anilines is 1. The number of nitrogens with zero attached hydrogens (tertiary/aromatic N) is 2. The molecule has 3 rings (SSSR count). The van der Waals surface area contributed by atoms with Gasteiger partial charge in [-0.1, -0.05) is 0 Å².